The van der Waals surface area contributed by atoms with E-state index in [1.165, 1.54) is 23.2 Å². The third-order valence-electron chi connectivity index (χ3n) is 3.24. The van der Waals surface area contributed by atoms with E-state index in [0.29, 0.717) is 0 Å². The van der Waals surface area contributed by atoms with Crippen molar-refractivity contribution in [3.63, 3.8) is 0 Å². The molecule has 1 aromatic heterocycles. The fraction of sp³-hybridized carbons (Fsp3) is 0.133. The van der Waals surface area contributed by atoms with Gasteiger partial charge in [-0.15, -0.1) is 0 Å². The Morgan fingerprint density at radius 1 is 1.06 bits per heavy atom. The summed E-state index contributed by atoms with van der Waals surface area (Å²) in [7, 11) is 2.02. The highest BCUT2D eigenvalue weighted by Crippen LogP contribution is 2.32. The van der Waals surface area contributed by atoms with E-state index in [-0.39, 0.29) is 5.91 Å². The minimum absolute atomic E-state index is 0.0484. The Morgan fingerprint density at radius 3 is 2.56 bits per heavy atom. The van der Waals surface area contributed by atoms with E-state index in [1.54, 1.807) is 0 Å². The van der Waals surface area contributed by atoms with Gasteiger partial charge in [-0.05, 0) is 12.1 Å². The molecule has 1 amide bonds. The lowest BCUT2D eigenvalue weighted by atomic mass is 10.1. The fourth-order valence-electron chi connectivity index (χ4n) is 2.53. The summed E-state index contributed by atoms with van der Waals surface area (Å²) < 4.78 is 2.12. The molecule has 0 saturated carbocycles. The summed E-state index contributed by atoms with van der Waals surface area (Å²) in [6.45, 7) is 1.53. The van der Waals surface area contributed by atoms with Crippen LogP contribution in [0.25, 0.3) is 21.8 Å². The SMILES string of the molecule is CC(=O)Nc1cccc2c3ccccc3n(C)c12. The highest BCUT2D eigenvalue weighted by molar-refractivity contribution is 6.13. The van der Waals surface area contributed by atoms with Gasteiger partial charge in [0.25, 0.3) is 0 Å². The number of amides is 1. The number of fused-ring (bicyclic) bond motifs is 3. The van der Waals surface area contributed by atoms with Gasteiger partial charge in [0.05, 0.1) is 11.2 Å². The second-order valence-electron chi connectivity index (χ2n) is 4.46. The number of benzene rings is 2. The fourth-order valence-corrected chi connectivity index (χ4v) is 2.53. The Labute approximate surface area is 105 Å². The number of nitrogens with one attached hydrogen (secondary N) is 1. The molecule has 0 aliphatic rings. The van der Waals surface area contributed by atoms with Gasteiger partial charge in [-0.2, -0.15) is 0 Å². The molecule has 0 aliphatic carbocycles. The van der Waals surface area contributed by atoms with Gasteiger partial charge in [-0.1, -0.05) is 30.3 Å². The highest BCUT2D eigenvalue weighted by atomic mass is 16.1. The van der Waals surface area contributed by atoms with Crippen LogP contribution in [0.2, 0.25) is 0 Å². The Morgan fingerprint density at radius 2 is 1.78 bits per heavy atom. The molecule has 0 radical (unpaired) electrons. The molecule has 2 aromatic carbocycles. The molecule has 1 heterocycles. The molecule has 0 bridgehead atoms. The number of aryl methyl sites for hydroxylation is 1. The van der Waals surface area contributed by atoms with Crippen molar-refractivity contribution in [2.24, 2.45) is 7.05 Å². The van der Waals surface area contributed by atoms with Gasteiger partial charge in [-0.3, -0.25) is 4.79 Å². The Bertz CT molecular complexity index is 756. The molecule has 3 nitrogen and oxygen atoms in total. The molecule has 18 heavy (non-hydrogen) atoms. The smallest absolute Gasteiger partial charge is 0.221 e. The van der Waals surface area contributed by atoms with Crippen LogP contribution in [-0.4, -0.2) is 10.5 Å². The third-order valence-corrected chi connectivity index (χ3v) is 3.24. The maximum Gasteiger partial charge on any atom is 0.221 e. The lowest BCUT2D eigenvalue weighted by Crippen LogP contribution is -2.07. The molecule has 0 unspecified atom stereocenters. The highest BCUT2D eigenvalue weighted by Gasteiger charge is 2.11. The van der Waals surface area contributed by atoms with Crippen LogP contribution in [0.3, 0.4) is 0 Å². The number of anilines is 1. The van der Waals surface area contributed by atoms with Crippen LogP contribution in [-0.2, 0) is 11.8 Å². The lowest BCUT2D eigenvalue weighted by Gasteiger charge is -2.06. The monoisotopic (exact) mass is 238 g/mol. The average Bonchev–Trinajstić information content (AvgIpc) is 2.65. The number of aromatic nitrogens is 1. The van der Waals surface area contributed by atoms with Crippen molar-refractivity contribution in [2.45, 2.75) is 6.92 Å². The van der Waals surface area contributed by atoms with Gasteiger partial charge < -0.3 is 9.88 Å². The molecular formula is C15H14N2O. The molecule has 1 N–H and O–H groups in total. The second-order valence-corrected chi connectivity index (χ2v) is 4.46. The maximum absolute atomic E-state index is 11.3. The topological polar surface area (TPSA) is 34.0 Å². The zero-order chi connectivity index (χ0) is 12.7. The van der Waals surface area contributed by atoms with Crippen LogP contribution in [0.5, 0.6) is 0 Å². The van der Waals surface area contributed by atoms with Crippen molar-refractivity contribution in [1.82, 2.24) is 4.57 Å². The first-order valence-corrected chi connectivity index (χ1v) is 5.92. The molecule has 0 aliphatic heterocycles. The van der Waals surface area contributed by atoms with Gasteiger partial charge >= 0.3 is 0 Å². The molecule has 0 saturated heterocycles. The predicted octanol–water partition coefficient (Wildman–Crippen LogP) is 3.29. The van der Waals surface area contributed by atoms with Gasteiger partial charge in [0.15, 0.2) is 0 Å². The normalized spacial score (nSPS) is 11.0. The van der Waals surface area contributed by atoms with Gasteiger partial charge in [-0.25, -0.2) is 0 Å². The molecule has 3 rings (SSSR count). The number of hydrogen-bond donors (Lipinski definition) is 1. The molecular weight excluding hydrogens is 224 g/mol. The van der Waals surface area contributed by atoms with E-state index in [2.05, 4.69) is 28.1 Å². The van der Waals surface area contributed by atoms with Gasteiger partial charge in [0.2, 0.25) is 5.91 Å². The maximum atomic E-state index is 11.3. The Kier molecular flexibility index (Phi) is 2.33. The Balaban J connectivity index is 2.44. The predicted molar refractivity (Wildman–Crippen MR) is 74.7 cm³/mol. The van der Waals surface area contributed by atoms with Crippen molar-refractivity contribution in [1.29, 1.82) is 0 Å². The molecule has 0 spiro atoms. The summed E-state index contributed by atoms with van der Waals surface area (Å²) in [6.07, 6.45) is 0. The number of carbonyl (C=O) groups excluding carboxylic acids is 1. The number of nitrogens with zero attached hydrogens (tertiary/aromatic N) is 1. The minimum Gasteiger partial charge on any atom is -0.342 e. The van der Waals surface area contributed by atoms with Crippen molar-refractivity contribution in [2.75, 3.05) is 5.32 Å². The van der Waals surface area contributed by atoms with Gasteiger partial charge in [0.1, 0.15) is 0 Å². The van der Waals surface area contributed by atoms with E-state index in [1.807, 2.05) is 31.3 Å². The van der Waals surface area contributed by atoms with E-state index >= 15 is 0 Å². The summed E-state index contributed by atoms with van der Waals surface area (Å²) in [5.41, 5.74) is 3.10. The second kappa shape index (κ2) is 3.88. The summed E-state index contributed by atoms with van der Waals surface area (Å²) in [4.78, 5) is 11.3. The first-order valence-electron chi connectivity index (χ1n) is 5.92. The lowest BCUT2D eigenvalue weighted by molar-refractivity contribution is -0.114. The molecule has 0 fully saturated rings. The number of hydrogen-bond acceptors (Lipinski definition) is 1. The first kappa shape index (κ1) is 10.8. The average molecular weight is 238 g/mol. The zero-order valence-electron chi connectivity index (χ0n) is 10.4. The molecule has 0 atom stereocenters. The van der Waals surface area contributed by atoms with E-state index in [9.17, 15) is 4.79 Å². The van der Waals surface area contributed by atoms with Crippen LogP contribution in [0.4, 0.5) is 5.69 Å². The molecule has 90 valence electrons. The minimum atomic E-state index is -0.0484. The summed E-state index contributed by atoms with van der Waals surface area (Å²) >= 11 is 0. The standard InChI is InChI=1S/C15H14N2O/c1-10(18)16-13-8-5-7-12-11-6-3-4-9-14(11)17(2)15(12)13/h3-9H,1-2H3,(H,16,18). The quantitative estimate of drug-likeness (QED) is 0.693. The van der Waals surface area contributed by atoms with E-state index in [4.69, 9.17) is 0 Å². The van der Waals surface area contributed by atoms with Crippen LogP contribution in [0, 0.1) is 0 Å². The van der Waals surface area contributed by atoms with Crippen LogP contribution in [0.1, 0.15) is 6.92 Å². The third kappa shape index (κ3) is 1.48. The first-order chi connectivity index (χ1) is 8.68. The van der Waals surface area contributed by atoms with Crippen molar-refractivity contribution in [3.05, 3.63) is 42.5 Å². The van der Waals surface area contributed by atoms with Crippen molar-refractivity contribution in [3.8, 4) is 0 Å². The largest absolute Gasteiger partial charge is 0.342 e. The van der Waals surface area contributed by atoms with Gasteiger partial charge in [0, 0.05) is 30.3 Å². The number of rotatable bonds is 1. The van der Waals surface area contributed by atoms with Crippen molar-refractivity contribution < 1.29 is 4.79 Å². The van der Waals surface area contributed by atoms with E-state index < -0.39 is 0 Å². The van der Waals surface area contributed by atoms with E-state index in [0.717, 1.165) is 11.2 Å². The summed E-state index contributed by atoms with van der Waals surface area (Å²) in [5, 5.41) is 5.27. The Hall–Kier alpha value is -2.29. The molecule has 3 aromatic rings. The summed E-state index contributed by atoms with van der Waals surface area (Å²) in [5.74, 6) is -0.0484. The zero-order valence-corrected chi connectivity index (χ0v) is 10.4. The van der Waals surface area contributed by atoms with Crippen LogP contribution >= 0.6 is 0 Å². The number of carbonyl (C=O) groups is 1. The van der Waals surface area contributed by atoms with Crippen LogP contribution in [0.15, 0.2) is 42.5 Å². The van der Waals surface area contributed by atoms with Crippen molar-refractivity contribution >= 4 is 33.4 Å². The number of para-hydroxylation sites is 2. The molecule has 3 heteroatoms. The van der Waals surface area contributed by atoms with Crippen LogP contribution < -0.4 is 5.32 Å². The summed E-state index contributed by atoms with van der Waals surface area (Å²) in [6, 6.07) is 14.2.